The number of halogens is 1. The normalized spacial score (nSPS) is 35.7. The molecule has 0 aliphatic carbocycles. The number of rotatable bonds is 10. The van der Waals surface area contributed by atoms with Crippen LogP contribution in [0, 0.1) is 11.8 Å². The quantitative estimate of drug-likeness (QED) is 0.247. The van der Waals surface area contributed by atoms with Crippen molar-refractivity contribution in [3.05, 3.63) is 0 Å². The zero-order chi connectivity index (χ0) is 23.6. The summed E-state index contributed by atoms with van der Waals surface area (Å²) in [6.45, 7) is 4.76. The number of nitrogens with one attached hydrogen (secondary N) is 2. The smallest absolute Gasteiger partial charge is 0.245 e. The van der Waals surface area contributed by atoms with Gasteiger partial charge in [0, 0.05) is 51.2 Å². The van der Waals surface area contributed by atoms with Crippen molar-refractivity contribution in [2.75, 3.05) is 59.6 Å². The van der Waals surface area contributed by atoms with Crippen LogP contribution in [0.3, 0.4) is 0 Å². The van der Waals surface area contributed by atoms with Crippen molar-refractivity contribution in [2.24, 2.45) is 11.8 Å². The maximum atomic E-state index is 13.6. The molecule has 4 rings (SSSR count). The molecule has 3 unspecified atom stereocenters. The molecule has 33 heavy (non-hydrogen) atoms. The number of unbranched alkanes of at least 4 members (excludes halogenated alkanes) is 2. The van der Waals surface area contributed by atoms with E-state index < -0.39 is 29.6 Å². The van der Waals surface area contributed by atoms with Crippen molar-refractivity contribution in [2.45, 2.75) is 48.3 Å². The number of nitrogens with zero attached hydrogens (tertiary/aromatic N) is 2. The number of carbonyl (C=O) groups excluding carboxylic acids is 3. The highest BCUT2D eigenvalue weighted by molar-refractivity contribution is 9.09. The van der Waals surface area contributed by atoms with E-state index >= 15 is 0 Å². The van der Waals surface area contributed by atoms with Gasteiger partial charge in [-0.1, -0.05) is 15.9 Å². The SMILES string of the molecule is CNC(=O)[C@H]1[C@H]2C(=O)N(CCCCCO)C(C(=O)NCCN3CCOCC3)C23CC(Br)[C@@H]1O3. The second-order valence-electron chi connectivity index (χ2n) is 9.34. The molecule has 6 atom stereocenters. The van der Waals surface area contributed by atoms with Gasteiger partial charge < -0.3 is 30.1 Å². The van der Waals surface area contributed by atoms with E-state index in [1.165, 1.54) is 0 Å². The van der Waals surface area contributed by atoms with Gasteiger partial charge in [-0.25, -0.2) is 0 Å². The van der Waals surface area contributed by atoms with E-state index in [9.17, 15) is 14.4 Å². The highest BCUT2D eigenvalue weighted by Gasteiger charge is 2.76. The van der Waals surface area contributed by atoms with Crippen LogP contribution in [0.2, 0.25) is 0 Å². The van der Waals surface area contributed by atoms with Gasteiger partial charge in [0.1, 0.15) is 11.6 Å². The third-order valence-corrected chi connectivity index (χ3v) is 8.32. The first kappa shape index (κ1) is 24.8. The van der Waals surface area contributed by atoms with Crippen LogP contribution < -0.4 is 10.6 Å². The van der Waals surface area contributed by atoms with E-state index in [1.807, 2.05) is 0 Å². The molecule has 3 N–H and O–H groups in total. The van der Waals surface area contributed by atoms with Crippen molar-refractivity contribution >= 4 is 33.7 Å². The van der Waals surface area contributed by atoms with E-state index in [0.717, 1.165) is 19.5 Å². The molecule has 10 nitrogen and oxygen atoms in total. The lowest BCUT2D eigenvalue weighted by Crippen LogP contribution is -2.56. The highest BCUT2D eigenvalue weighted by Crippen LogP contribution is 2.59. The molecular weight excluding hydrogens is 496 g/mol. The number of fused-ring (bicyclic) bond motifs is 1. The molecule has 4 saturated heterocycles. The van der Waals surface area contributed by atoms with Gasteiger partial charge in [0.15, 0.2) is 0 Å². The number of aliphatic hydroxyl groups excluding tert-OH is 1. The minimum absolute atomic E-state index is 0.0955. The van der Waals surface area contributed by atoms with Crippen LogP contribution >= 0.6 is 15.9 Å². The highest BCUT2D eigenvalue weighted by atomic mass is 79.9. The summed E-state index contributed by atoms with van der Waals surface area (Å²) < 4.78 is 11.8. The number of hydrogen-bond donors (Lipinski definition) is 3. The number of hydrogen-bond acceptors (Lipinski definition) is 7. The van der Waals surface area contributed by atoms with Crippen LogP contribution in [0.25, 0.3) is 0 Å². The predicted molar refractivity (Wildman–Crippen MR) is 123 cm³/mol. The summed E-state index contributed by atoms with van der Waals surface area (Å²) in [5, 5.41) is 14.8. The van der Waals surface area contributed by atoms with E-state index in [2.05, 4.69) is 31.5 Å². The minimum Gasteiger partial charge on any atom is -0.396 e. The molecule has 0 aromatic rings. The Bertz CT molecular complexity index is 750. The van der Waals surface area contributed by atoms with Gasteiger partial charge in [-0.2, -0.15) is 0 Å². The molecule has 1 spiro atoms. The molecule has 0 aromatic heterocycles. The first-order valence-electron chi connectivity index (χ1n) is 12.0. The fourth-order valence-corrected chi connectivity index (χ4v) is 6.91. The van der Waals surface area contributed by atoms with E-state index in [4.69, 9.17) is 14.6 Å². The molecule has 186 valence electrons. The molecule has 4 fully saturated rings. The van der Waals surface area contributed by atoms with Crippen LogP contribution in [0.15, 0.2) is 0 Å². The van der Waals surface area contributed by atoms with Crippen molar-refractivity contribution in [3.63, 3.8) is 0 Å². The summed E-state index contributed by atoms with van der Waals surface area (Å²) in [5.41, 5.74) is -1.01. The van der Waals surface area contributed by atoms with Crippen molar-refractivity contribution in [1.82, 2.24) is 20.4 Å². The predicted octanol–water partition coefficient (Wildman–Crippen LogP) is -0.909. The first-order valence-corrected chi connectivity index (χ1v) is 12.9. The number of alkyl halides is 1. The fraction of sp³-hybridized carbons (Fsp3) is 0.864. The Balaban J connectivity index is 1.52. The second-order valence-corrected chi connectivity index (χ2v) is 10.5. The number of carbonyl (C=O) groups is 3. The lowest BCUT2D eigenvalue weighted by atomic mass is 9.70. The maximum Gasteiger partial charge on any atom is 0.245 e. The number of aliphatic hydroxyl groups is 1. The van der Waals surface area contributed by atoms with Crippen molar-refractivity contribution < 1.29 is 29.0 Å². The molecule has 11 heteroatoms. The largest absolute Gasteiger partial charge is 0.396 e. The summed E-state index contributed by atoms with van der Waals surface area (Å²) in [6.07, 6.45) is 2.16. The van der Waals surface area contributed by atoms with Crippen molar-refractivity contribution in [1.29, 1.82) is 0 Å². The van der Waals surface area contributed by atoms with Gasteiger partial charge in [-0.05, 0) is 25.7 Å². The van der Waals surface area contributed by atoms with Gasteiger partial charge in [-0.3, -0.25) is 19.3 Å². The molecular formula is C22H35BrN4O6. The Morgan fingerprint density at radius 1 is 1.18 bits per heavy atom. The van der Waals surface area contributed by atoms with E-state index in [0.29, 0.717) is 52.1 Å². The summed E-state index contributed by atoms with van der Waals surface area (Å²) in [5.74, 6) is -1.91. The molecule has 4 heterocycles. The molecule has 3 amide bonds. The average molecular weight is 531 g/mol. The lowest BCUT2D eigenvalue weighted by molar-refractivity contribution is -0.142. The second kappa shape index (κ2) is 10.6. The molecule has 0 radical (unpaired) electrons. The Hall–Kier alpha value is -1.27. The Morgan fingerprint density at radius 2 is 1.94 bits per heavy atom. The zero-order valence-corrected chi connectivity index (χ0v) is 20.7. The zero-order valence-electron chi connectivity index (χ0n) is 19.1. The topological polar surface area (TPSA) is 120 Å². The summed E-state index contributed by atoms with van der Waals surface area (Å²) in [7, 11) is 1.56. The molecule has 0 saturated carbocycles. The third kappa shape index (κ3) is 4.54. The van der Waals surface area contributed by atoms with Gasteiger partial charge >= 0.3 is 0 Å². The molecule has 2 bridgehead atoms. The average Bonchev–Trinajstić information content (AvgIpc) is 3.40. The number of ether oxygens (including phenoxy) is 2. The Labute approximate surface area is 202 Å². The standard InChI is InChI=1S/C22H35BrN4O6/c1-24-19(29)15-16-21(31)27(6-3-2-4-10-28)18(22(16)13-14(23)17(15)33-22)20(30)25-5-7-26-8-11-32-12-9-26/h14-18,28H,2-13H2,1H3,(H,24,29)(H,25,30)/t14?,15-,16-,17-,18?,22?/m0/s1. The van der Waals surface area contributed by atoms with E-state index in [1.54, 1.807) is 11.9 Å². The summed E-state index contributed by atoms with van der Waals surface area (Å²) in [6, 6.07) is -0.770. The molecule has 4 aliphatic heterocycles. The fourth-order valence-electron chi connectivity index (χ4n) is 5.97. The van der Waals surface area contributed by atoms with Crippen molar-refractivity contribution in [3.8, 4) is 0 Å². The van der Waals surface area contributed by atoms with Gasteiger partial charge in [0.05, 0.1) is 31.2 Å². The monoisotopic (exact) mass is 530 g/mol. The Kier molecular flexibility index (Phi) is 7.95. The van der Waals surface area contributed by atoms with Crippen LogP contribution in [0.4, 0.5) is 0 Å². The van der Waals surface area contributed by atoms with Gasteiger partial charge in [-0.15, -0.1) is 0 Å². The number of morpholine rings is 1. The minimum atomic E-state index is -1.01. The van der Waals surface area contributed by atoms with Crippen LogP contribution in [-0.2, 0) is 23.9 Å². The number of likely N-dealkylation sites (tertiary alicyclic amines) is 1. The van der Waals surface area contributed by atoms with Crippen LogP contribution in [-0.4, -0.2) is 115 Å². The Morgan fingerprint density at radius 3 is 2.64 bits per heavy atom. The molecule has 4 aliphatic rings. The summed E-state index contributed by atoms with van der Waals surface area (Å²) >= 11 is 3.65. The lowest BCUT2D eigenvalue weighted by Gasteiger charge is -2.34. The third-order valence-electron chi connectivity index (χ3n) is 7.47. The van der Waals surface area contributed by atoms with Gasteiger partial charge in [0.2, 0.25) is 17.7 Å². The molecule has 0 aromatic carbocycles. The summed E-state index contributed by atoms with van der Waals surface area (Å²) in [4.78, 5) is 43.6. The first-order chi connectivity index (χ1) is 15.9. The van der Waals surface area contributed by atoms with Crippen LogP contribution in [0.1, 0.15) is 25.7 Å². The maximum absolute atomic E-state index is 13.6. The van der Waals surface area contributed by atoms with E-state index in [-0.39, 0.29) is 29.2 Å². The van der Waals surface area contributed by atoms with Crippen LogP contribution in [0.5, 0.6) is 0 Å². The van der Waals surface area contributed by atoms with Gasteiger partial charge in [0.25, 0.3) is 0 Å². The number of amides is 3.